The number of carboxylic acid groups (broad SMARTS) is 2. The van der Waals surface area contributed by atoms with E-state index in [0.29, 0.717) is 0 Å². The molecule has 6 heteroatoms. The summed E-state index contributed by atoms with van der Waals surface area (Å²) in [4.78, 5) is 20.6. The number of carbonyl (C=O) groups is 2. The number of hydrogen-bond acceptors (Lipinski definition) is 4. The van der Waals surface area contributed by atoms with Crippen molar-refractivity contribution >= 4 is 11.9 Å². The van der Waals surface area contributed by atoms with Crippen LogP contribution in [0.5, 0.6) is 0 Å². The van der Waals surface area contributed by atoms with E-state index in [1.54, 1.807) is 0 Å². The van der Waals surface area contributed by atoms with Crippen LogP contribution in [0.3, 0.4) is 0 Å². The smallest absolute Gasteiger partial charge is 0.414 e. The van der Waals surface area contributed by atoms with Crippen molar-refractivity contribution in [2.45, 2.75) is 25.7 Å². The van der Waals surface area contributed by atoms with Gasteiger partial charge < -0.3 is 19.8 Å². The molecule has 0 aliphatic rings. The highest BCUT2D eigenvalue weighted by Crippen LogP contribution is 2.04. The highest BCUT2D eigenvalue weighted by Gasteiger charge is 2.04. The van der Waals surface area contributed by atoms with Gasteiger partial charge in [-0.15, -0.1) is 0 Å². The molecule has 0 unspecified atom stereocenters. The largest absolute Gasteiger partial charge is 0.473 e. The predicted octanol–water partition coefficient (Wildman–Crippen LogP) is 3.36. The molecule has 0 saturated carbocycles. The normalized spacial score (nSPS) is 10.3. The van der Waals surface area contributed by atoms with E-state index in [9.17, 15) is 0 Å². The summed E-state index contributed by atoms with van der Waals surface area (Å²) < 4.78 is 5.75. The van der Waals surface area contributed by atoms with Crippen molar-refractivity contribution in [1.29, 1.82) is 0 Å². The van der Waals surface area contributed by atoms with Gasteiger partial charge in [0.1, 0.15) is 0 Å². The molecule has 0 aromatic heterocycles. The van der Waals surface area contributed by atoms with E-state index < -0.39 is 11.9 Å². The third-order valence-electron chi connectivity index (χ3n) is 4.25. The molecule has 0 fully saturated rings. The molecule has 0 saturated heterocycles. The number of aryl methyl sites for hydroxylation is 2. The fourth-order valence-electron chi connectivity index (χ4n) is 2.66. The maximum atomic E-state index is 9.10. The number of aliphatic carboxylic acids is 2. The van der Waals surface area contributed by atoms with Crippen LogP contribution in [0.15, 0.2) is 60.7 Å². The summed E-state index contributed by atoms with van der Waals surface area (Å²) >= 11 is 0. The summed E-state index contributed by atoms with van der Waals surface area (Å²) in [6.07, 6.45) is 4.56. The summed E-state index contributed by atoms with van der Waals surface area (Å²) in [5, 5.41) is 14.8. The molecule has 2 aromatic rings. The van der Waals surface area contributed by atoms with Gasteiger partial charge >= 0.3 is 11.9 Å². The third kappa shape index (κ3) is 13.2. The maximum Gasteiger partial charge on any atom is 0.414 e. The van der Waals surface area contributed by atoms with Crippen molar-refractivity contribution < 1.29 is 24.5 Å². The summed E-state index contributed by atoms with van der Waals surface area (Å²) in [5.74, 6) is -3.65. The second kappa shape index (κ2) is 15.2. The number of ether oxygens (including phenoxy) is 1. The number of carboxylic acids is 2. The van der Waals surface area contributed by atoms with Crippen molar-refractivity contribution in [3.8, 4) is 0 Å². The Morgan fingerprint density at radius 1 is 0.759 bits per heavy atom. The van der Waals surface area contributed by atoms with Crippen LogP contribution >= 0.6 is 0 Å². The summed E-state index contributed by atoms with van der Waals surface area (Å²) in [5.41, 5.74) is 2.83. The zero-order chi connectivity index (χ0) is 21.3. The highest BCUT2D eigenvalue weighted by atomic mass is 16.5. The molecule has 6 nitrogen and oxygen atoms in total. The topological polar surface area (TPSA) is 87.1 Å². The summed E-state index contributed by atoms with van der Waals surface area (Å²) in [6, 6.07) is 21.3. The van der Waals surface area contributed by atoms with E-state index in [1.807, 2.05) is 0 Å². The third-order valence-corrected chi connectivity index (χ3v) is 4.25. The van der Waals surface area contributed by atoms with E-state index in [0.717, 1.165) is 45.6 Å². The van der Waals surface area contributed by atoms with Crippen molar-refractivity contribution in [2.24, 2.45) is 0 Å². The summed E-state index contributed by atoms with van der Waals surface area (Å²) in [7, 11) is 2.18. The van der Waals surface area contributed by atoms with Gasteiger partial charge in [0.15, 0.2) is 0 Å². The number of nitrogens with zero attached hydrogens (tertiary/aromatic N) is 1. The zero-order valence-electron chi connectivity index (χ0n) is 17.0. The van der Waals surface area contributed by atoms with Gasteiger partial charge in [-0.05, 0) is 50.4 Å². The standard InChI is InChI=1S/C21H29NO.C2H2O4/c1-22(16-8-14-20-10-4-2-5-11-20)17-19-23-18-9-15-21-12-6-3-7-13-21;3-1(4)2(5)6/h2-7,10-13H,8-9,14-19H2,1H3;(H,3,4)(H,5,6). The van der Waals surface area contributed by atoms with Gasteiger partial charge in [0.2, 0.25) is 0 Å². The van der Waals surface area contributed by atoms with Crippen LogP contribution < -0.4 is 0 Å². The second-order valence-corrected chi connectivity index (χ2v) is 6.70. The van der Waals surface area contributed by atoms with Crippen LogP contribution in [-0.2, 0) is 27.2 Å². The molecule has 0 aliphatic heterocycles. The molecule has 0 amide bonds. The molecule has 0 aliphatic carbocycles. The Morgan fingerprint density at radius 3 is 1.72 bits per heavy atom. The molecule has 0 atom stereocenters. The number of rotatable bonds is 11. The maximum absolute atomic E-state index is 9.10. The Kier molecular flexibility index (Phi) is 12.8. The molecule has 0 radical (unpaired) electrons. The van der Waals surface area contributed by atoms with Crippen LogP contribution in [0, 0.1) is 0 Å². The number of likely N-dealkylation sites (N-methyl/N-ethyl adjacent to an activating group) is 1. The second-order valence-electron chi connectivity index (χ2n) is 6.70. The van der Waals surface area contributed by atoms with Gasteiger partial charge in [0.05, 0.1) is 6.61 Å². The van der Waals surface area contributed by atoms with E-state index in [1.165, 1.54) is 17.5 Å². The lowest BCUT2D eigenvalue weighted by atomic mass is 10.1. The molecular formula is C23H31NO5. The molecule has 158 valence electrons. The first kappa shape index (κ1) is 24.3. The van der Waals surface area contributed by atoms with E-state index in [4.69, 9.17) is 24.5 Å². The Morgan fingerprint density at radius 2 is 1.24 bits per heavy atom. The minimum Gasteiger partial charge on any atom is -0.473 e. The molecule has 0 spiro atoms. The van der Waals surface area contributed by atoms with Gasteiger partial charge in [-0.1, -0.05) is 60.7 Å². The van der Waals surface area contributed by atoms with Gasteiger partial charge in [-0.25, -0.2) is 9.59 Å². The molecule has 29 heavy (non-hydrogen) atoms. The first-order chi connectivity index (χ1) is 14.0. The van der Waals surface area contributed by atoms with Crippen molar-refractivity contribution in [3.63, 3.8) is 0 Å². The Balaban J connectivity index is 0.000000612. The molecule has 2 N–H and O–H groups in total. The van der Waals surface area contributed by atoms with Crippen LogP contribution in [0.1, 0.15) is 24.0 Å². The quantitative estimate of drug-likeness (QED) is 0.443. The first-order valence-corrected chi connectivity index (χ1v) is 9.79. The van der Waals surface area contributed by atoms with Crippen molar-refractivity contribution in [3.05, 3.63) is 71.8 Å². The van der Waals surface area contributed by atoms with E-state index in [-0.39, 0.29) is 0 Å². The summed E-state index contributed by atoms with van der Waals surface area (Å²) in [6.45, 7) is 3.83. The van der Waals surface area contributed by atoms with Gasteiger partial charge in [-0.3, -0.25) is 0 Å². The number of hydrogen-bond donors (Lipinski definition) is 2. The lowest BCUT2D eigenvalue weighted by molar-refractivity contribution is -0.159. The monoisotopic (exact) mass is 401 g/mol. The highest BCUT2D eigenvalue weighted by molar-refractivity contribution is 6.27. The van der Waals surface area contributed by atoms with Crippen LogP contribution in [0.4, 0.5) is 0 Å². The van der Waals surface area contributed by atoms with Gasteiger partial charge in [0.25, 0.3) is 0 Å². The van der Waals surface area contributed by atoms with Gasteiger partial charge in [0, 0.05) is 13.2 Å². The molecule has 2 aromatic carbocycles. The van der Waals surface area contributed by atoms with E-state index in [2.05, 4.69) is 72.6 Å². The number of benzene rings is 2. The van der Waals surface area contributed by atoms with E-state index >= 15 is 0 Å². The Labute approximate surface area is 172 Å². The molecular weight excluding hydrogens is 370 g/mol. The first-order valence-electron chi connectivity index (χ1n) is 9.79. The average Bonchev–Trinajstić information content (AvgIpc) is 2.72. The Hall–Kier alpha value is -2.70. The van der Waals surface area contributed by atoms with Gasteiger partial charge in [-0.2, -0.15) is 0 Å². The van der Waals surface area contributed by atoms with Crippen LogP contribution in [-0.4, -0.2) is 60.4 Å². The van der Waals surface area contributed by atoms with Crippen molar-refractivity contribution in [1.82, 2.24) is 4.90 Å². The molecule has 2 rings (SSSR count). The minimum absolute atomic E-state index is 0.830. The molecule has 0 heterocycles. The Bertz CT molecular complexity index is 679. The van der Waals surface area contributed by atoms with Crippen molar-refractivity contribution in [2.75, 3.05) is 33.4 Å². The predicted molar refractivity (Wildman–Crippen MR) is 113 cm³/mol. The minimum atomic E-state index is -1.82. The fraction of sp³-hybridized carbons (Fsp3) is 0.391. The lowest BCUT2D eigenvalue weighted by Gasteiger charge is -2.16. The average molecular weight is 402 g/mol. The lowest BCUT2D eigenvalue weighted by Crippen LogP contribution is -2.24. The SMILES string of the molecule is CN(CCCc1ccccc1)CCOCCCc1ccccc1.O=C(O)C(=O)O. The van der Waals surface area contributed by atoms with Crippen LogP contribution in [0.2, 0.25) is 0 Å². The molecule has 0 bridgehead atoms. The zero-order valence-corrected chi connectivity index (χ0v) is 17.0. The van der Waals surface area contributed by atoms with Crippen LogP contribution in [0.25, 0.3) is 0 Å². The fourth-order valence-corrected chi connectivity index (χ4v) is 2.66.